The van der Waals surface area contributed by atoms with Crippen LogP contribution >= 0.6 is 0 Å². The Morgan fingerprint density at radius 1 is 0.732 bits per heavy atom. The van der Waals surface area contributed by atoms with Gasteiger partial charge in [0.15, 0.2) is 0 Å². The van der Waals surface area contributed by atoms with Crippen LogP contribution < -0.4 is 10.6 Å². The average molecular weight is 777 g/mol. The van der Waals surface area contributed by atoms with Gasteiger partial charge in [-0.3, -0.25) is 9.59 Å². The van der Waals surface area contributed by atoms with Crippen molar-refractivity contribution in [2.24, 2.45) is 5.92 Å². The molecule has 56 heavy (non-hydrogen) atoms. The number of aliphatic hydroxyl groups excluding tert-OH is 1. The van der Waals surface area contributed by atoms with Gasteiger partial charge in [-0.05, 0) is 34.6 Å². The van der Waals surface area contributed by atoms with Crippen molar-refractivity contribution in [3.8, 4) is 33.6 Å². The average Bonchev–Trinajstić information content (AvgIpc) is 4.02. The van der Waals surface area contributed by atoms with Crippen LogP contribution in [0.4, 0.5) is 18.4 Å². The first-order valence-corrected chi connectivity index (χ1v) is 18.4. The highest BCUT2D eigenvalue weighted by Crippen LogP contribution is 2.36. The van der Waals surface area contributed by atoms with E-state index in [0.29, 0.717) is 29.5 Å². The summed E-state index contributed by atoms with van der Waals surface area (Å²) in [6.45, 7) is 2.88. The highest BCUT2D eigenvalue weighted by Gasteiger charge is 2.42. The van der Waals surface area contributed by atoms with Crippen molar-refractivity contribution in [2.75, 3.05) is 33.9 Å². The topological polar surface area (TPSA) is 195 Å². The second-order valence-electron chi connectivity index (χ2n) is 14.4. The molecule has 0 radical (unpaired) electrons. The molecule has 2 aromatic carbocycles. The van der Waals surface area contributed by atoms with Crippen molar-refractivity contribution < 1.29 is 42.5 Å². The number of likely N-dealkylation sites (tertiary alicyclic amines) is 2. The zero-order valence-corrected chi connectivity index (χ0v) is 31.5. The minimum absolute atomic E-state index is 0.00963. The monoisotopic (exact) mass is 776 g/mol. The quantitative estimate of drug-likeness (QED) is 0.134. The van der Waals surface area contributed by atoms with Crippen LogP contribution in [0.15, 0.2) is 60.9 Å². The second-order valence-corrected chi connectivity index (χ2v) is 14.4. The van der Waals surface area contributed by atoms with Gasteiger partial charge < -0.3 is 45.0 Å². The summed E-state index contributed by atoms with van der Waals surface area (Å²) >= 11 is 0. The number of rotatable bonds is 12. The lowest BCUT2D eigenvalue weighted by Crippen LogP contribution is -2.50. The van der Waals surface area contributed by atoms with Gasteiger partial charge in [-0.2, -0.15) is 0 Å². The molecule has 0 saturated carbocycles. The van der Waals surface area contributed by atoms with Gasteiger partial charge in [0.25, 0.3) is 0 Å². The molecule has 0 unspecified atom stereocenters. The molecular weight excluding hydrogens is 730 g/mol. The third-order valence-electron chi connectivity index (χ3n) is 10.1. The van der Waals surface area contributed by atoms with Crippen LogP contribution in [0.1, 0.15) is 56.8 Å². The maximum Gasteiger partial charge on any atom is 0.407 e. The van der Waals surface area contributed by atoms with Gasteiger partial charge in [0, 0.05) is 12.8 Å². The number of halogens is 2. The summed E-state index contributed by atoms with van der Waals surface area (Å²) in [5.41, 5.74) is 4.90. The Balaban J connectivity index is 1.12. The number of carbonyl (C=O) groups excluding carboxylic acids is 4. The van der Waals surface area contributed by atoms with Crippen molar-refractivity contribution in [1.29, 1.82) is 0 Å². The molecule has 5 N–H and O–H groups in total. The summed E-state index contributed by atoms with van der Waals surface area (Å²) in [4.78, 5) is 68.5. The summed E-state index contributed by atoms with van der Waals surface area (Å²) in [5.74, 6) is -0.0990. The van der Waals surface area contributed by atoms with Crippen molar-refractivity contribution >= 4 is 24.0 Å². The van der Waals surface area contributed by atoms with E-state index in [4.69, 9.17) is 4.74 Å². The molecule has 2 saturated heterocycles. The van der Waals surface area contributed by atoms with Crippen molar-refractivity contribution in [3.05, 3.63) is 72.6 Å². The molecule has 2 aromatic heterocycles. The molecule has 2 fully saturated rings. The van der Waals surface area contributed by atoms with E-state index in [9.17, 15) is 33.1 Å². The Labute approximate surface area is 322 Å². The fourth-order valence-corrected chi connectivity index (χ4v) is 7.25. The van der Waals surface area contributed by atoms with Crippen LogP contribution in [0.25, 0.3) is 33.6 Å². The number of aromatic nitrogens is 4. The van der Waals surface area contributed by atoms with Crippen LogP contribution in [-0.4, -0.2) is 117 Å². The number of nitrogens with zero attached hydrogens (tertiary/aromatic N) is 4. The Hall–Kier alpha value is -5.84. The molecule has 4 aromatic rings. The Kier molecular flexibility index (Phi) is 12.3. The van der Waals surface area contributed by atoms with Gasteiger partial charge >= 0.3 is 12.2 Å². The number of ether oxygens (including phenoxy) is 2. The Morgan fingerprint density at radius 3 is 1.52 bits per heavy atom. The van der Waals surface area contributed by atoms with Crippen LogP contribution in [-0.2, 0) is 19.1 Å². The molecule has 4 amide bonds. The lowest BCUT2D eigenvalue weighted by atomic mass is 10.0. The van der Waals surface area contributed by atoms with Gasteiger partial charge in [0.2, 0.25) is 11.8 Å². The van der Waals surface area contributed by atoms with Crippen LogP contribution in [0.2, 0.25) is 0 Å². The van der Waals surface area contributed by atoms with Gasteiger partial charge in [0.05, 0.1) is 69.8 Å². The normalized spacial score (nSPS) is 20.5. The van der Waals surface area contributed by atoms with E-state index in [1.807, 2.05) is 62.4 Å². The van der Waals surface area contributed by atoms with E-state index in [-0.39, 0.29) is 37.8 Å². The summed E-state index contributed by atoms with van der Waals surface area (Å²) in [7, 11) is 2.36. The third kappa shape index (κ3) is 8.83. The molecule has 0 spiro atoms. The molecule has 6 rings (SSSR count). The number of aliphatic hydroxyl groups is 1. The lowest BCUT2D eigenvalue weighted by molar-refractivity contribution is -0.136. The number of hydrogen-bond acceptors (Lipinski definition) is 9. The number of hydrogen-bond donors (Lipinski definition) is 5. The maximum atomic E-state index is 14.8. The van der Waals surface area contributed by atoms with Crippen molar-refractivity contribution in [1.82, 2.24) is 40.4 Å². The second kappa shape index (κ2) is 17.3. The molecule has 4 heterocycles. The summed E-state index contributed by atoms with van der Waals surface area (Å²) in [6.07, 6.45) is -0.432. The van der Waals surface area contributed by atoms with Gasteiger partial charge in [0.1, 0.15) is 36.1 Å². The van der Waals surface area contributed by atoms with Gasteiger partial charge in [-0.25, -0.2) is 28.3 Å². The summed E-state index contributed by atoms with van der Waals surface area (Å²) < 4.78 is 38.6. The van der Waals surface area contributed by atoms with Crippen LogP contribution in [0, 0.1) is 5.92 Å². The highest BCUT2D eigenvalue weighted by molar-refractivity contribution is 5.87. The largest absolute Gasteiger partial charge is 0.453 e. The number of carbonyl (C=O) groups is 4. The van der Waals surface area contributed by atoms with Gasteiger partial charge in [-0.15, -0.1) is 0 Å². The van der Waals surface area contributed by atoms with E-state index in [0.717, 1.165) is 29.4 Å². The number of methoxy groups -OCH3 is 2. The number of imidazole rings is 2. The lowest BCUT2D eigenvalue weighted by Gasteiger charge is -2.28. The fraction of sp³-hybridized carbons (Fsp3) is 0.436. The molecule has 17 heteroatoms. The first-order valence-electron chi connectivity index (χ1n) is 18.4. The van der Waals surface area contributed by atoms with E-state index in [1.165, 1.54) is 16.9 Å². The predicted molar refractivity (Wildman–Crippen MR) is 200 cm³/mol. The minimum atomic E-state index is -1.31. The van der Waals surface area contributed by atoms with E-state index in [1.54, 1.807) is 12.4 Å². The van der Waals surface area contributed by atoms with Crippen LogP contribution in [0.5, 0.6) is 0 Å². The standard InChI is InChI=1S/C39H46F2N8O7/c1-21(2)13-28(46-38(53)55-3)36(51)48-18-26(40)14-32(48)34-42-16-29(44-34)24-9-5-22(6-10-24)23-7-11-25(12-8-23)30-17-43-35(45-30)33-15-27(41)19-49(33)37(52)31(20-50)47-39(54)56-4/h5-12,16-17,21,26-28,31-33,50H,13-15,18-20H2,1-4H3,(H,42,44)(H,43,45)(H,46,53)(H,47,54)/t26-,27-,28+,31+,32+,33+/m1/s1. The maximum absolute atomic E-state index is 14.8. The van der Waals surface area contributed by atoms with Crippen molar-refractivity contribution in [2.45, 2.75) is 69.6 Å². The third-order valence-corrected chi connectivity index (χ3v) is 10.1. The van der Waals surface area contributed by atoms with Crippen molar-refractivity contribution in [3.63, 3.8) is 0 Å². The summed E-state index contributed by atoms with van der Waals surface area (Å²) in [6, 6.07) is 12.0. The number of alkyl carbamates (subject to hydrolysis) is 2. The van der Waals surface area contributed by atoms with Gasteiger partial charge in [-0.1, -0.05) is 62.4 Å². The highest BCUT2D eigenvalue weighted by atomic mass is 19.1. The number of aromatic amines is 2. The minimum Gasteiger partial charge on any atom is -0.453 e. The van der Waals surface area contributed by atoms with E-state index < -0.39 is 61.2 Å². The molecule has 6 atom stereocenters. The zero-order valence-electron chi connectivity index (χ0n) is 31.5. The molecule has 298 valence electrons. The Bertz CT molecular complexity index is 2000. The first-order chi connectivity index (χ1) is 26.9. The molecular formula is C39H46F2N8O7. The first kappa shape index (κ1) is 39.8. The number of benzene rings is 2. The molecule has 0 bridgehead atoms. The molecule has 2 aliphatic heterocycles. The summed E-state index contributed by atoms with van der Waals surface area (Å²) in [5, 5.41) is 14.6. The van der Waals surface area contributed by atoms with E-state index >= 15 is 0 Å². The van der Waals surface area contributed by atoms with Crippen LogP contribution in [0.3, 0.4) is 0 Å². The Morgan fingerprint density at radius 2 is 1.12 bits per heavy atom. The zero-order chi connectivity index (χ0) is 40.1. The predicted octanol–water partition coefficient (Wildman–Crippen LogP) is 4.84. The van der Waals surface area contributed by atoms with E-state index in [2.05, 4.69) is 35.3 Å². The number of alkyl halides is 2. The smallest absolute Gasteiger partial charge is 0.407 e. The molecule has 2 aliphatic rings. The number of nitrogens with one attached hydrogen (secondary N) is 4. The SMILES string of the molecule is COC(=O)N[C@@H](CO)C(=O)N1C[C@H](F)C[C@H]1c1ncc(-c2ccc(-c3ccc(-c4cnc([C@@H]5C[C@@H](F)CN5C(=O)[C@H](CC(C)C)NC(=O)OC)[nH]4)cc3)cc2)[nH]1. The molecule has 0 aliphatic carbocycles. The number of H-pyrrole nitrogens is 2. The number of amides is 4. The fourth-order valence-electron chi connectivity index (χ4n) is 7.25. The molecule has 15 nitrogen and oxygen atoms in total.